The quantitative estimate of drug-likeness (QED) is 0.771. The van der Waals surface area contributed by atoms with Crippen molar-refractivity contribution in [3.8, 4) is 0 Å². The van der Waals surface area contributed by atoms with Crippen LogP contribution >= 0.6 is 34.8 Å². The molecule has 2 aromatic rings. The standard InChI is InChI=1S/C14H12Cl3FN2/c1-2-12(13-4-3-9(18)7-19-13)20-14-10(16)5-8(15)6-11(14)17/h3-7,12,20H,2H2,1H3. The van der Waals surface area contributed by atoms with Crippen molar-refractivity contribution in [2.75, 3.05) is 5.32 Å². The van der Waals surface area contributed by atoms with Gasteiger partial charge in [-0.1, -0.05) is 41.7 Å². The summed E-state index contributed by atoms with van der Waals surface area (Å²) in [6.07, 6.45) is 1.93. The van der Waals surface area contributed by atoms with Gasteiger partial charge in [0.15, 0.2) is 0 Å². The van der Waals surface area contributed by atoms with Gasteiger partial charge in [-0.25, -0.2) is 4.39 Å². The summed E-state index contributed by atoms with van der Waals surface area (Å²) in [5, 5.41) is 4.56. The molecule has 0 aliphatic carbocycles. The molecule has 0 saturated carbocycles. The summed E-state index contributed by atoms with van der Waals surface area (Å²) in [5.41, 5.74) is 1.31. The van der Waals surface area contributed by atoms with Crippen molar-refractivity contribution in [3.63, 3.8) is 0 Å². The lowest BCUT2D eigenvalue weighted by atomic mass is 10.1. The Morgan fingerprint density at radius 2 is 1.85 bits per heavy atom. The molecule has 0 bridgehead atoms. The minimum atomic E-state index is -0.369. The monoisotopic (exact) mass is 332 g/mol. The van der Waals surface area contributed by atoms with Gasteiger partial charge in [0.05, 0.1) is 33.7 Å². The Kier molecular flexibility index (Phi) is 5.08. The van der Waals surface area contributed by atoms with Crippen LogP contribution in [0.1, 0.15) is 25.1 Å². The Bertz CT molecular complexity index is 579. The van der Waals surface area contributed by atoms with Crippen LogP contribution in [0.4, 0.5) is 10.1 Å². The average molecular weight is 334 g/mol. The van der Waals surface area contributed by atoms with Gasteiger partial charge in [-0.2, -0.15) is 0 Å². The van der Waals surface area contributed by atoms with Crippen molar-refractivity contribution in [2.24, 2.45) is 0 Å². The van der Waals surface area contributed by atoms with E-state index in [2.05, 4.69) is 10.3 Å². The number of nitrogens with zero attached hydrogens (tertiary/aromatic N) is 1. The predicted molar refractivity (Wildman–Crippen MR) is 82.3 cm³/mol. The third-order valence-electron chi connectivity index (χ3n) is 2.84. The maximum absolute atomic E-state index is 12.9. The summed E-state index contributed by atoms with van der Waals surface area (Å²) in [7, 11) is 0. The fourth-order valence-electron chi connectivity index (χ4n) is 1.83. The Labute approximate surface area is 131 Å². The van der Waals surface area contributed by atoms with Crippen LogP contribution in [-0.2, 0) is 0 Å². The molecule has 0 fully saturated rings. The van der Waals surface area contributed by atoms with E-state index in [4.69, 9.17) is 34.8 Å². The van der Waals surface area contributed by atoms with Gasteiger partial charge in [-0.3, -0.25) is 4.98 Å². The van der Waals surface area contributed by atoms with Gasteiger partial charge in [0.1, 0.15) is 5.82 Å². The van der Waals surface area contributed by atoms with Crippen LogP contribution in [-0.4, -0.2) is 4.98 Å². The van der Waals surface area contributed by atoms with Gasteiger partial charge in [0, 0.05) is 5.02 Å². The van der Waals surface area contributed by atoms with Crippen molar-refractivity contribution in [1.29, 1.82) is 0 Å². The number of rotatable bonds is 4. The maximum Gasteiger partial charge on any atom is 0.141 e. The molecule has 1 heterocycles. The van der Waals surface area contributed by atoms with Crippen molar-refractivity contribution in [1.82, 2.24) is 4.98 Å². The number of halogens is 4. The minimum absolute atomic E-state index is 0.119. The number of pyridine rings is 1. The second-order valence-corrected chi connectivity index (χ2v) is 5.50. The molecule has 2 rings (SSSR count). The molecular weight excluding hydrogens is 322 g/mol. The SMILES string of the molecule is CCC(Nc1c(Cl)cc(Cl)cc1Cl)c1ccc(F)cn1. The van der Waals surface area contributed by atoms with E-state index >= 15 is 0 Å². The van der Waals surface area contributed by atoms with Crippen molar-refractivity contribution >= 4 is 40.5 Å². The van der Waals surface area contributed by atoms with Crippen LogP contribution < -0.4 is 5.32 Å². The van der Waals surface area contributed by atoms with E-state index in [-0.39, 0.29) is 11.9 Å². The van der Waals surface area contributed by atoms with E-state index in [9.17, 15) is 4.39 Å². The highest BCUT2D eigenvalue weighted by molar-refractivity contribution is 6.41. The Balaban J connectivity index is 2.29. The van der Waals surface area contributed by atoms with Gasteiger partial charge in [-0.05, 0) is 30.7 Å². The van der Waals surface area contributed by atoms with E-state index in [0.29, 0.717) is 20.8 Å². The van der Waals surface area contributed by atoms with Crippen molar-refractivity contribution in [3.05, 3.63) is 57.0 Å². The van der Waals surface area contributed by atoms with Gasteiger partial charge in [0.2, 0.25) is 0 Å². The third-order valence-corrected chi connectivity index (χ3v) is 3.66. The van der Waals surface area contributed by atoms with Crippen LogP contribution in [0.15, 0.2) is 30.5 Å². The molecule has 106 valence electrons. The lowest BCUT2D eigenvalue weighted by Crippen LogP contribution is -2.12. The number of benzene rings is 1. The summed E-state index contributed by atoms with van der Waals surface area (Å²) >= 11 is 18.1. The second-order valence-electron chi connectivity index (χ2n) is 4.25. The largest absolute Gasteiger partial charge is 0.374 e. The third kappa shape index (κ3) is 3.54. The molecule has 0 aliphatic rings. The van der Waals surface area contributed by atoms with Gasteiger partial charge < -0.3 is 5.32 Å². The molecule has 1 N–H and O–H groups in total. The molecule has 1 unspecified atom stereocenters. The predicted octanol–water partition coefficient (Wildman–Crippen LogP) is 5.74. The average Bonchev–Trinajstić information content (AvgIpc) is 2.39. The van der Waals surface area contributed by atoms with Crippen molar-refractivity contribution in [2.45, 2.75) is 19.4 Å². The first-order chi connectivity index (χ1) is 9.51. The van der Waals surface area contributed by atoms with E-state index in [0.717, 1.165) is 12.1 Å². The van der Waals surface area contributed by atoms with Gasteiger partial charge in [0.25, 0.3) is 0 Å². The number of hydrogen-bond acceptors (Lipinski definition) is 2. The molecule has 6 heteroatoms. The number of aromatic nitrogens is 1. The molecule has 0 amide bonds. The van der Waals surface area contributed by atoms with Crippen LogP contribution in [0.2, 0.25) is 15.1 Å². The first-order valence-corrected chi connectivity index (χ1v) is 7.17. The Hall–Kier alpha value is -1.03. The zero-order valence-corrected chi connectivity index (χ0v) is 12.9. The molecule has 20 heavy (non-hydrogen) atoms. The normalized spacial score (nSPS) is 12.2. The van der Waals surface area contributed by atoms with Gasteiger partial charge in [-0.15, -0.1) is 0 Å². The lowest BCUT2D eigenvalue weighted by molar-refractivity contribution is 0.614. The van der Waals surface area contributed by atoms with Crippen LogP contribution in [0, 0.1) is 5.82 Å². The molecule has 1 atom stereocenters. The van der Waals surface area contributed by atoms with Gasteiger partial charge >= 0.3 is 0 Å². The molecule has 2 nitrogen and oxygen atoms in total. The van der Waals surface area contributed by atoms with Crippen molar-refractivity contribution < 1.29 is 4.39 Å². The number of hydrogen-bond donors (Lipinski definition) is 1. The zero-order chi connectivity index (χ0) is 14.7. The Morgan fingerprint density at radius 1 is 1.20 bits per heavy atom. The second kappa shape index (κ2) is 6.61. The molecule has 0 radical (unpaired) electrons. The Morgan fingerprint density at radius 3 is 2.35 bits per heavy atom. The summed E-state index contributed by atoms with van der Waals surface area (Å²) in [4.78, 5) is 4.07. The lowest BCUT2D eigenvalue weighted by Gasteiger charge is -2.19. The van der Waals surface area contributed by atoms with E-state index in [1.165, 1.54) is 12.3 Å². The topological polar surface area (TPSA) is 24.9 Å². The number of nitrogens with one attached hydrogen (secondary N) is 1. The van der Waals surface area contributed by atoms with Crippen LogP contribution in [0.5, 0.6) is 0 Å². The minimum Gasteiger partial charge on any atom is -0.374 e. The van der Waals surface area contributed by atoms with E-state index in [1.54, 1.807) is 18.2 Å². The highest BCUT2D eigenvalue weighted by atomic mass is 35.5. The highest BCUT2D eigenvalue weighted by Crippen LogP contribution is 2.36. The highest BCUT2D eigenvalue weighted by Gasteiger charge is 2.15. The first-order valence-electron chi connectivity index (χ1n) is 6.03. The summed E-state index contributed by atoms with van der Waals surface area (Å²) < 4.78 is 12.9. The summed E-state index contributed by atoms with van der Waals surface area (Å²) in [6, 6.07) is 6.11. The van der Waals surface area contributed by atoms with Crippen LogP contribution in [0.3, 0.4) is 0 Å². The maximum atomic E-state index is 12.9. The van der Waals surface area contributed by atoms with Crippen LogP contribution in [0.25, 0.3) is 0 Å². The molecular formula is C14H12Cl3FN2. The summed E-state index contributed by atoms with van der Waals surface area (Å²) in [5.74, 6) is -0.369. The van der Waals surface area contributed by atoms with E-state index in [1.807, 2.05) is 6.92 Å². The smallest absolute Gasteiger partial charge is 0.141 e. The van der Waals surface area contributed by atoms with E-state index < -0.39 is 0 Å². The molecule has 1 aromatic heterocycles. The first kappa shape index (κ1) is 15.4. The fraction of sp³-hybridized carbons (Fsp3) is 0.214. The fourth-order valence-corrected chi connectivity index (χ4v) is 2.76. The zero-order valence-electron chi connectivity index (χ0n) is 10.6. The molecule has 0 aliphatic heterocycles. The number of anilines is 1. The molecule has 0 saturated heterocycles. The molecule has 0 spiro atoms. The molecule has 1 aromatic carbocycles. The summed E-state index contributed by atoms with van der Waals surface area (Å²) in [6.45, 7) is 1.99.